The summed E-state index contributed by atoms with van der Waals surface area (Å²) in [6.45, 7) is 7.28. The fraction of sp³-hybridized carbons (Fsp3) is 0.250. The van der Waals surface area contributed by atoms with Gasteiger partial charge in [0.2, 0.25) is 0 Å². The number of hydrogen-bond donors (Lipinski definition) is 1. The summed E-state index contributed by atoms with van der Waals surface area (Å²) in [5.41, 5.74) is 5.68. The second-order valence-electron chi connectivity index (χ2n) is 12.6. The van der Waals surface area contributed by atoms with E-state index in [0.29, 0.717) is 59.4 Å². The zero-order valence-corrected chi connectivity index (χ0v) is 31.0. The standard InChI is InChI=1S/C40H41N9O5/c1-7-47-36(37(26(3)44-47)54-24-28-11-9-8-10-12-28)38-43-40(46-48(38)23-27-13-16-30(51-4)17-14-27)49-33-22-41-25(2)19-32(33)35(45-49)39(50)42-21-29-15-18-31(52-5)20-34(29)53-6/h8-20,22H,7,21,23-24H2,1-6H3,(H,42,50). The Balaban J connectivity index is 1.31. The van der Waals surface area contributed by atoms with E-state index in [4.69, 9.17) is 39.2 Å². The summed E-state index contributed by atoms with van der Waals surface area (Å²) in [5, 5.41) is 18.2. The quantitative estimate of drug-likeness (QED) is 0.140. The lowest BCUT2D eigenvalue weighted by atomic mass is 10.1. The number of hydrogen-bond acceptors (Lipinski definition) is 10. The number of methoxy groups -OCH3 is 3. The molecule has 0 spiro atoms. The van der Waals surface area contributed by atoms with Crippen LogP contribution in [0.3, 0.4) is 0 Å². The van der Waals surface area contributed by atoms with E-state index in [1.54, 1.807) is 43.0 Å². The molecule has 14 nitrogen and oxygen atoms in total. The van der Waals surface area contributed by atoms with Crippen LogP contribution < -0.4 is 24.3 Å². The Morgan fingerprint density at radius 3 is 2.30 bits per heavy atom. The SMILES string of the molecule is CCn1nc(C)c(OCc2ccccc2)c1-c1nc(-n2nc(C(=O)NCc3ccc(OC)cc3OC)c3cc(C)ncc32)nn1Cc1ccc(OC)cc1. The van der Waals surface area contributed by atoms with Crippen LogP contribution in [0, 0.1) is 13.8 Å². The first-order valence-corrected chi connectivity index (χ1v) is 17.5. The van der Waals surface area contributed by atoms with Crippen molar-refractivity contribution in [2.45, 2.75) is 47.0 Å². The zero-order chi connectivity index (χ0) is 37.8. The molecule has 3 aromatic carbocycles. The van der Waals surface area contributed by atoms with Crippen molar-refractivity contribution in [3.8, 4) is 40.5 Å². The van der Waals surface area contributed by atoms with Crippen LogP contribution in [0.15, 0.2) is 85.1 Å². The third-order valence-electron chi connectivity index (χ3n) is 9.00. The smallest absolute Gasteiger partial charge is 0.272 e. The minimum atomic E-state index is -0.378. The van der Waals surface area contributed by atoms with E-state index in [-0.39, 0.29) is 24.1 Å². The van der Waals surface area contributed by atoms with Crippen molar-refractivity contribution in [1.29, 1.82) is 0 Å². The maximum absolute atomic E-state index is 13.9. The van der Waals surface area contributed by atoms with Crippen molar-refractivity contribution in [2.24, 2.45) is 0 Å². The molecule has 1 amide bonds. The fourth-order valence-corrected chi connectivity index (χ4v) is 6.22. The van der Waals surface area contributed by atoms with Gasteiger partial charge in [-0.3, -0.25) is 14.5 Å². The molecule has 4 heterocycles. The minimum absolute atomic E-state index is 0.204. The number of ether oxygens (including phenoxy) is 4. The number of amides is 1. The predicted octanol–water partition coefficient (Wildman–Crippen LogP) is 6.10. The van der Waals surface area contributed by atoms with Crippen molar-refractivity contribution in [1.82, 2.24) is 44.6 Å². The Labute approximate surface area is 312 Å². The van der Waals surface area contributed by atoms with Gasteiger partial charge in [-0.15, -0.1) is 5.10 Å². The molecule has 0 atom stereocenters. The molecule has 0 saturated carbocycles. The molecular formula is C40H41N9O5. The molecule has 7 rings (SSSR count). The summed E-state index contributed by atoms with van der Waals surface area (Å²) < 4.78 is 28.0. The van der Waals surface area contributed by atoms with Crippen LogP contribution in [-0.4, -0.2) is 66.5 Å². The van der Waals surface area contributed by atoms with Crippen LogP contribution in [0.5, 0.6) is 23.0 Å². The van der Waals surface area contributed by atoms with Crippen LogP contribution >= 0.6 is 0 Å². The van der Waals surface area contributed by atoms with Gasteiger partial charge in [-0.05, 0) is 62.2 Å². The van der Waals surface area contributed by atoms with E-state index < -0.39 is 0 Å². The summed E-state index contributed by atoms with van der Waals surface area (Å²) in [7, 11) is 4.80. The van der Waals surface area contributed by atoms with E-state index >= 15 is 0 Å². The summed E-state index contributed by atoms with van der Waals surface area (Å²) in [5.74, 6) is 2.99. The summed E-state index contributed by atoms with van der Waals surface area (Å²) in [6.07, 6.45) is 1.68. The average molecular weight is 728 g/mol. The van der Waals surface area contributed by atoms with Gasteiger partial charge >= 0.3 is 0 Å². The molecule has 0 aliphatic carbocycles. The van der Waals surface area contributed by atoms with Crippen LogP contribution in [0.4, 0.5) is 0 Å². The largest absolute Gasteiger partial charge is 0.497 e. The molecular weight excluding hydrogens is 686 g/mol. The van der Waals surface area contributed by atoms with Gasteiger partial charge in [0, 0.05) is 35.8 Å². The minimum Gasteiger partial charge on any atom is -0.497 e. The Hall–Kier alpha value is -6.70. The third kappa shape index (κ3) is 7.18. The molecule has 0 aliphatic rings. The van der Waals surface area contributed by atoms with Gasteiger partial charge < -0.3 is 24.3 Å². The van der Waals surface area contributed by atoms with Crippen LogP contribution in [0.2, 0.25) is 0 Å². The monoisotopic (exact) mass is 727 g/mol. The molecule has 0 radical (unpaired) electrons. The number of nitrogens with zero attached hydrogens (tertiary/aromatic N) is 8. The maximum Gasteiger partial charge on any atom is 0.272 e. The number of rotatable bonds is 14. The van der Waals surface area contributed by atoms with Crippen LogP contribution in [-0.2, 0) is 26.2 Å². The molecule has 0 aliphatic heterocycles. The Kier molecular flexibility index (Phi) is 10.2. The Morgan fingerprint density at radius 1 is 0.815 bits per heavy atom. The number of pyridine rings is 1. The first-order valence-electron chi connectivity index (χ1n) is 17.5. The first-order chi connectivity index (χ1) is 26.3. The highest BCUT2D eigenvalue weighted by Crippen LogP contribution is 2.34. The van der Waals surface area contributed by atoms with Gasteiger partial charge in [-0.2, -0.15) is 19.9 Å². The van der Waals surface area contributed by atoms with Gasteiger partial charge in [-0.25, -0.2) is 4.68 Å². The Morgan fingerprint density at radius 2 is 1.57 bits per heavy atom. The summed E-state index contributed by atoms with van der Waals surface area (Å²) in [4.78, 5) is 23.5. The lowest BCUT2D eigenvalue weighted by Crippen LogP contribution is -2.24. The molecule has 0 fully saturated rings. The molecule has 4 aromatic heterocycles. The molecule has 7 aromatic rings. The van der Waals surface area contributed by atoms with E-state index in [2.05, 4.69) is 10.3 Å². The van der Waals surface area contributed by atoms with Crippen molar-refractivity contribution in [3.63, 3.8) is 0 Å². The fourth-order valence-electron chi connectivity index (χ4n) is 6.22. The van der Waals surface area contributed by atoms with E-state index in [1.807, 2.05) is 98.2 Å². The third-order valence-corrected chi connectivity index (χ3v) is 9.00. The number of carbonyl (C=O) groups excluding carboxylic acids is 1. The van der Waals surface area contributed by atoms with E-state index in [9.17, 15) is 4.79 Å². The van der Waals surface area contributed by atoms with Crippen molar-refractivity contribution >= 4 is 16.8 Å². The van der Waals surface area contributed by atoms with Gasteiger partial charge in [0.25, 0.3) is 11.9 Å². The number of benzene rings is 3. The van der Waals surface area contributed by atoms with Crippen molar-refractivity contribution in [2.75, 3.05) is 21.3 Å². The highest BCUT2D eigenvalue weighted by molar-refractivity contribution is 6.05. The second kappa shape index (κ2) is 15.5. The van der Waals surface area contributed by atoms with E-state index in [0.717, 1.165) is 33.8 Å². The highest BCUT2D eigenvalue weighted by atomic mass is 16.5. The number of aromatic nitrogens is 8. The maximum atomic E-state index is 13.9. The average Bonchev–Trinajstić information content (AvgIpc) is 3.88. The molecule has 14 heteroatoms. The van der Waals surface area contributed by atoms with Gasteiger partial charge in [0.1, 0.15) is 35.2 Å². The lowest BCUT2D eigenvalue weighted by Gasteiger charge is -2.11. The van der Waals surface area contributed by atoms with Gasteiger partial charge in [0.05, 0.1) is 39.6 Å². The van der Waals surface area contributed by atoms with Crippen molar-refractivity contribution < 1.29 is 23.7 Å². The number of carbonyl (C=O) groups is 1. The first kappa shape index (κ1) is 35.7. The van der Waals surface area contributed by atoms with Crippen molar-refractivity contribution in [3.05, 3.63) is 119 Å². The lowest BCUT2D eigenvalue weighted by molar-refractivity contribution is 0.0947. The van der Waals surface area contributed by atoms with Gasteiger partial charge in [-0.1, -0.05) is 42.5 Å². The molecule has 1 N–H and O–H groups in total. The predicted molar refractivity (Wildman–Crippen MR) is 202 cm³/mol. The number of nitrogens with one attached hydrogen (secondary N) is 1. The molecule has 0 saturated heterocycles. The highest BCUT2D eigenvalue weighted by Gasteiger charge is 2.27. The number of fused-ring (bicyclic) bond motifs is 1. The second-order valence-corrected chi connectivity index (χ2v) is 12.6. The van der Waals surface area contributed by atoms with E-state index in [1.165, 1.54) is 0 Å². The summed E-state index contributed by atoms with van der Waals surface area (Å²) >= 11 is 0. The van der Waals surface area contributed by atoms with Crippen LogP contribution in [0.1, 0.15) is 45.5 Å². The number of aryl methyl sites for hydroxylation is 3. The topological polar surface area (TPSA) is 145 Å². The molecule has 276 valence electrons. The Bertz CT molecular complexity index is 2420. The normalized spacial score (nSPS) is 11.1. The summed E-state index contributed by atoms with van der Waals surface area (Å²) in [6, 6.07) is 25.0. The van der Waals surface area contributed by atoms with Crippen LogP contribution in [0.25, 0.3) is 28.4 Å². The molecule has 0 bridgehead atoms. The van der Waals surface area contributed by atoms with Gasteiger partial charge in [0.15, 0.2) is 17.3 Å². The molecule has 54 heavy (non-hydrogen) atoms. The molecule has 0 unspecified atom stereocenters. The zero-order valence-electron chi connectivity index (χ0n) is 31.0.